The van der Waals surface area contributed by atoms with Crippen LogP contribution in [-0.4, -0.2) is 16.0 Å². The Hall–Kier alpha value is -3.11. The highest BCUT2D eigenvalue weighted by Crippen LogP contribution is 2.35. The van der Waals surface area contributed by atoms with Crippen LogP contribution in [0.15, 0.2) is 76.1 Å². The maximum Gasteiger partial charge on any atom is 0.336 e. The standard InChI is InChI=1S/C26H24N2O2/c29-25-16-21(22-14-19-8-4-9-20(19)15-24(22)30-25)17-28-13-12-27-11-5-10-23(27)26(28)18-6-2-1-3-7-18/h1-3,5-7,10-11,14-16,26H,4,8-9,12-13,17H2. The summed E-state index contributed by atoms with van der Waals surface area (Å²) in [6, 6.07) is 21.2. The van der Waals surface area contributed by atoms with E-state index in [1.54, 1.807) is 6.07 Å². The summed E-state index contributed by atoms with van der Waals surface area (Å²) in [5.74, 6) is 0. The third-order valence-electron chi connectivity index (χ3n) is 6.67. The van der Waals surface area contributed by atoms with Gasteiger partial charge in [-0.2, -0.15) is 0 Å². The molecule has 4 aromatic rings. The third kappa shape index (κ3) is 2.91. The molecular weight excluding hydrogens is 372 g/mol. The van der Waals surface area contributed by atoms with Gasteiger partial charge in [-0.25, -0.2) is 4.79 Å². The summed E-state index contributed by atoms with van der Waals surface area (Å²) < 4.78 is 7.94. The number of aromatic nitrogens is 1. The number of fused-ring (bicyclic) bond motifs is 3. The molecule has 4 heteroatoms. The zero-order chi connectivity index (χ0) is 20.1. The van der Waals surface area contributed by atoms with Crippen molar-refractivity contribution >= 4 is 11.0 Å². The summed E-state index contributed by atoms with van der Waals surface area (Å²) in [6.07, 6.45) is 5.55. The molecule has 6 rings (SSSR count). The van der Waals surface area contributed by atoms with Crippen LogP contribution >= 0.6 is 0 Å². The summed E-state index contributed by atoms with van der Waals surface area (Å²) in [5, 5.41) is 1.09. The predicted octanol–water partition coefficient (Wildman–Crippen LogP) is 4.69. The average molecular weight is 396 g/mol. The molecule has 2 aliphatic rings. The van der Waals surface area contributed by atoms with E-state index in [1.165, 1.54) is 28.8 Å². The molecule has 1 aliphatic heterocycles. The first-order chi connectivity index (χ1) is 14.8. The highest BCUT2D eigenvalue weighted by Gasteiger charge is 2.29. The SMILES string of the molecule is O=c1cc(CN2CCn3cccc3C2c2ccccc2)c2cc3c(cc2o1)CCC3. The van der Waals surface area contributed by atoms with Crippen molar-refractivity contribution in [2.24, 2.45) is 0 Å². The van der Waals surface area contributed by atoms with E-state index >= 15 is 0 Å². The monoisotopic (exact) mass is 396 g/mol. The molecule has 0 N–H and O–H groups in total. The Morgan fingerprint density at radius 2 is 1.77 bits per heavy atom. The van der Waals surface area contributed by atoms with E-state index < -0.39 is 0 Å². The van der Waals surface area contributed by atoms with Crippen LogP contribution in [0.3, 0.4) is 0 Å². The third-order valence-corrected chi connectivity index (χ3v) is 6.67. The van der Waals surface area contributed by atoms with Crippen molar-refractivity contribution in [3.63, 3.8) is 0 Å². The molecule has 0 saturated carbocycles. The molecular formula is C26H24N2O2. The minimum absolute atomic E-state index is 0.173. The Bertz CT molecular complexity index is 1290. The lowest BCUT2D eigenvalue weighted by Gasteiger charge is -2.37. The number of nitrogens with zero attached hydrogens (tertiary/aromatic N) is 2. The van der Waals surface area contributed by atoms with Gasteiger partial charge in [0.2, 0.25) is 0 Å². The van der Waals surface area contributed by atoms with E-state index in [1.807, 2.05) is 0 Å². The Morgan fingerprint density at radius 3 is 2.63 bits per heavy atom. The van der Waals surface area contributed by atoms with Crippen LogP contribution in [0.4, 0.5) is 0 Å². The van der Waals surface area contributed by atoms with Crippen molar-refractivity contribution in [3.8, 4) is 0 Å². The molecule has 3 heterocycles. The first-order valence-electron chi connectivity index (χ1n) is 10.8. The van der Waals surface area contributed by atoms with Crippen molar-refractivity contribution in [3.05, 3.63) is 105 Å². The van der Waals surface area contributed by atoms with Gasteiger partial charge in [0.25, 0.3) is 0 Å². The molecule has 1 aliphatic carbocycles. The molecule has 0 radical (unpaired) electrons. The van der Waals surface area contributed by atoms with Gasteiger partial charge in [-0.1, -0.05) is 30.3 Å². The van der Waals surface area contributed by atoms with E-state index in [2.05, 4.69) is 70.3 Å². The second-order valence-electron chi connectivity index (χ2n) is 8.47. The lowest BCUT2D eigenvalue weighted by molar-refractivity contribution is 0.175. The van der Waals surface area contributed by atoms with E-state index in [-0.39, 0.29) is 11.7 Å². The molecule has 1 atom stereocenters. The summed E-state index contributed by atoms with van der Waals surface area (Å²) >= 11 is 0. The minimum Gasteiger partial charge on any atom is -0.423 e. The maximum absolute atomic E-state index is 12.4. The zero-order valence-electron chi connectivity index (χ0n) is 16.9. The zero-order valence-corrected chi connectivity index (χ0v) is 16.9. The Labute approximate surface area is 175 Å². The summed E-state index contributed by atoms with van der Waals surface area (Å²) in [7, 11) is 0. The quantitative estimate of drug-likeness (QED) is 0.472. The van der Waals surface area contributed by atoms with Crippen LogP contribution < -0.4 is 5.63 Å². The van der Waals surface area contributed by atoms with Crippen LogP contribution in [-0.2, 0) is 25.9 Å². The fourth-order valence-electron chi connectivity index (χ4n) is 5.26. The molecule has 0 fully saturated rings. The second-order valence-corrected chi connectivity index (χ2v) is 8.47. The molecule has 150 valence electrons. The van der Waals surface area contributed by atoms with E-state index in [4.69, 9.17) is 4.42 Å². The normalized spacial score (nSPS) is 18.5. The van der Waals surface area contributed by atoms with Crippen molar-refractivity contribution in [1.82, 2.24) is 9.47 Å². The van der Waals surface area contributed by atoms with Gasteiger partial charge in [0.1, 0.15) is 5.58 Å². The number of benzene rings is 2. The molecule has 0 spiro atoms. The van der Waals surface area contributed by atoms with Gasteiger partial charge in [-0.15, -0.1) is 0 Å². The Morgan fingerprint density at radius 1 is 0.933 bits per heavy atom. The van der Waals surface area contributed by atoms with Gasteiger partial charge in [-0.3, -0.25) is 4.90 Å². The summed E-state index contributed by atoms with van der Waals surface area (Å²) in [6.45, 7) is 2.62. The lowest BCUT2D eigenvalue weighted by Crippen LogP contribution is -2.38. The molecule has 0 bridgehead atoms. The highest BCUT2D eigenvalue weighted by atomic mass is 16.4. The largest absolute Gasteiger partial charge is 0.423 e. The van der Waals surface area contributed by atoms with Crippen LogP contribution in [0.2, 0.25) is 0 Å². The fourth-order valence-corrected chi connectivity index (χ4v) is 5.26. The smallest absolute Gasteiger partial charge is 0.336 e. The van der Waals surface area contributed by atoms with Crippen LogP contribution in [0.1, 0.15) is 40.4 Å². The van der Waals surface area contributed by atoms with Gasteiger partial charge in [0.05, 0.1) is 6.04 Å². The first-order valence-corrected chi connectivity index (χ1v) is 10.8. The maximum atomic E-state index is 12.4. The van der Waals surface area contributed by atoms with Gasteiger partial charge >= 0.3 is 5.63 Å². The van der Waals surface area contributed by atoms with E-state index in [0.29, 0.717) is 0 Å². The first kappa shape index (κ1) is 17.7. The molecule has 2 aromatic heterocycles. The fraction of sp³-hybridized carbons (Fsp3) is 0.269. The van der Waals surface area contributed by atoms with Gasteiger partial charge < -0.3 is 8.98 Å². The van der Waals surface area contributed by atoms with Gasteiger partial charge in [0, 0.05) is 43.0 Å². The Kier molecular flexibility index (Phi) is 4.13. The summed E-state index contributed by atoms with van der Waals surface area (Å²) in [4.78, 5) is 14.9. The molecule has 0 saturated heterocycles. The molecule has 2 aromatic carbocycles. The van der Waals surface area contributed by atoms with Crippen molar-refractivity contribution in [2.45, 2.75) is 38.4 Å². The minimum atomic E-state index is -0.257. The lowest BCUT2D eigenvalue weighted by atomic mass is 9.98. The number of aryl methyl sites for hydroxylation is 2. The van der Waals surface area contributed by atoms with Crippen molar-refractivity contribution in [2.75, 3.05) is 6.54 Å². The predicted molar refractivity (Wildman–Crippen MR) is 118 cm³/mol. The Balaban J connectivity index is 1.45. The number of rotatable bonds is 3. The molecule has 30 heavy (non-hydrogen) atoms. The van der Waals surface area contributed by atoms with Crippen molar-refractivity contribution in [1.29, 1.82) is 0 Å². The van der Waals surface area contributed by atoms with Crippen LogP contribution in [0.5, 0.6) is 0 Å². The molecule has 0 amide bonds. The second kappa shape index (κ2) is 6.99. The molecule has 1 unspecified atom stereocenters. The average Bonchev–Trinajstić information content (AvgIpc) is 3.41. The van der Waals surface area contributed by atoms with E-state index in [0.717, 1.165) is 49.0 Å². The molecule has 4 nitrogen and oxygen atoms in total. The van der Waals surface area contributed by atoms with Crippen molar-refractivity contribution < 1.29 is 4.42 Å². The topological polar surface area (TPSA) is 38.4 Å². The van der Waals surface area contributed by atoms with Gasteiger partial charge in [-0.05, 0) is 65.8 Å². The highest BCUT2D eigenvalue weighted by molar-refractivity contribution is 5.82. The van der Waals surface area contributed by atoms with Crippen LogP contribution in [0.25, 0.3) is 11.0 Å². The van der Waals surface area contributed by atoms with Gasteiger partial charge in [0.15, 0.2) is 0 Å². The van der Waals surface area contributed by atoms with E-state index in [9.17, 15) is 4.79 Å². The van der Waals surface area contributed by atoms with Crippen LogP contribution in [0, 0.1) is 0 Å². The summed E-state index contributed by atoms with van der Waals surface area (Å²) in [5.41, 5.74) is 6.87. The number of hydrogen-bond donors (Lipinski definition) is 0. The number of hydrogen-bond acceptors (Lipinski definition) is 3.